The molecule has 2 unspecified atom stereocenters. The van der Waals surface area contributed by atoms with Crippen molar-refractivity contribution in [2.45, 2.75) is 25.0 Å². The highest BCUT2D eigenvalue weighted by molar-refractivity contribution is 7.64. The zero-order chi connectivity index (χ0) is 22.9. The van der Waals surface area contributed by atoms with Gasteiger partial charge in [0.1, 0.15) is 5.56 Å². The van der Waals surface area contributed by atoms with Crippen LogP contribution in [0.15, 0.2) is 15.8 Å². The van der Waals surface area contributed by atoms with E-state index in [9.17, 15) is 48.0 Å². The molecular weight excluding hydrogens is 473 g/mol. The van der Waals surface area contributed by atoms with E-state index in [4.69, 9.17) is 6.42 Å². The van der Waals surface area contributed by atoms with Crippen molar-refractivity contribution >= 4 is 23.5 Å². The molecule has 0 radical (unpaired) electrons. The molecule has 1 aliphatic carbocycles. The number of hydrogen-bond acceptors (Lipinski definition) is 13. The molecule has 0 bridgehead atoms. The zero-order valence-electron chi connectivity index (χ0n) is 14.6. The first-order valence-electron chi connectivity index (χ1n) is 7.84. The average molecular weight is 486 g/mol. The third-order valence-electron chi connectivity index (χ3n) is 4.00. The standard InChI is InChI=1S/C12H17N2O13P3/c1-2-7-5-14(12(17)13-11(7)16)9-3-8(10(15)4-9)6-25-29(21,22)27-30(23,24)26-28(18,19)20/h1,5,8-10,15H,3-4,6H2,(H,21,22)(H,23,24)(H,13,16,17)(H2,18,19,20)/p-4/t8-,9-,10-/m1/s1. The van der Waals surface area contributed by atoms with Crippen molar-refractivity contribution in [2.24, 2.45) is 5.92 Å². The van der Waals surface area contributed by atoms with Crippen molar-refractivity contribution < 1.29 is 51.5 Å². The van der Waals surface area contributed by atoms with Gasteiger partial charge in [0.2, 0.25) is 0 Å². The number of phosphoric ester groups is 1. The summed E-state index contributed by atoms with van der Waals surface area (Å²) in [6.07, 6.45) is 4.94. The molecule has 15 nitrogen and oxygen atoms in total. The molecule has 1 saturated carbocycles. The van der Waals surface area contributed by atoms with E-state index in [1.54, 1.807) is 0 Å². The van der Waals surface area contributed by atoms with Crippen LogP contribution in [0.5, 0.6) is 0 Å². The molecule has 2 N–H and O–H groups in total. The van der Waals surface area contributed by atoms with Gasteiger partial charge in [-0.2, -0.15) is 0 Å². The minimum absolute atomic E-state index is 0.0427. The number of rotatable bonds is 8. The summed E-state index contributed by atoms with van der Waals surface area (Å²) in [6, 6.07) is -0.710. The molecule has 1 aromatic rings. The Morgan fingerprint density at radius 1 is 1.17 bits per heavy atom. The second kappa shape index (κ2) is 9.00. The molecule has 1 fully saturated rings. The van der Waals surface area contributed by atoms with Crippen molar-refractivity contribution in [3.8, 4) is 12.3 Å². The summed E-state index contributed by atoms with van der Waals surface area (Å²) in [5, 5.41) is 10.1. The topological polar surface area (TPSA) is 246 Å². The van der Waals surface area contributed by atoms with Crippen LogP contribution in [-0.4, -0.2) is 27.4 Å². The van der Waals surface area contributed by atoms with Gasteiger partial charge < -0.3 is 33.8 Å². The molecule has 5 atom stereocenters. The number of phosphoric acid groups is 3. The molecule has 30 heavy (non-hydrogen) atoms. The maximum Gasteiger partial charge on any atom is 0.328 e. The fraction of sp³-hybridized carbons (Fsp3) is 0.500. The van der Waals surface area contributed by atoms with Crippen molar-refractivity contribution in [1.29, 1.82) is 0 Å². The molecular formula is C12H13N2O13P3-4. The molecule has 0 aromatic carbocycles. The summed E-state index contributed by atoms with van der Waals surface area (Å²) in [6.45, 7) is -0.815. The number of aromatic nitrogens is 2. The van der Waals surface area contributed by atoms with Crippen LogP contribution < -0.4 is 30.8 Å². The van der Waals surface area contributed by atoms with E-state index in [1.165, 1.54) is 0 Å². The number of aliphatic hydroxyl groups excluding tert-OH is 1. The molecule has 1 aromatic heterocycles. The largest absolute Gasteiger partial charge is 0.790 e. The molecule has 1 aliphatic rings. The first-order valence-corrected chi connectivity index (χ1v) is 12.2. The van der Waals surface area contributed by atoms with Crippen LogP contribution in [0, 0.1) is 18.3 Å². The lowest BCUT2D eigenvalue weighted by Gasteiger charge is -2.37. The Bertz CT molecular complexity index is 1100. The van der Waals surface area contributed by atoms with E-state index in [0.29, 0.717) is 0 Å². The van der Waals surface area contributed by atoms with E-state index < -0.39 is 59.4 Å². The zero-order valence-corrected chi connectivity index (χ0v) is 17.3. The molecule has 2 rings (SSSR count). The van der Waals surface area contributed by atoms with Crippen LogP contribution in [-0.2, 0) is 26.8 Å². The van der Waals surface area contributed by atoms with Crippen molar-refractivity contribution in [3.05, 3.63) is 32.6 Å². The van der Waals surface area contributed by atoms with Crippen LogP contribution in [0.4, 0.5) is 0 Å². The number of nitrogens with zero attached hydrogens (tertiary/aromatic N) is 1. The maximum absolute atomic E-state index is 12.0. The Hall–Kier alpha value is -1.39. The lowest BCUT2D eigenvalue weighted by molar-refractivity contribution is -0.339. The summed E-state index contributed by atoms with van der Waals surface area (Å²) in [5.41, 5.74) is -1.76. The molecule has 0 spiro atoms. The number of aliphatic hydroxyl groups is 1. The van der Waals surface area contributed by atoms with Gasteiger partial charge in [-0.3, -0.25) is 27.8 Å². The smallest absolute Gasteiger partial charge is 0.328 e. The van der Waals surface area contributed by atoms with Gasteiger partial charge in [0.15, 0.2) is 0 Å². The van der Waals surface area contributed by atoms with Crippen LogP contribution >= 0.6 is 23.5 Å². The van der Waals surface area contributed by atoms with E-state index in [0.717, 1.165) is 10.8 Å². The predicted molar refractivity (Wildman–Crippen MR) is 88.0 cm³/mol. The van der Waals surface area contributed by atoms with Crippen molar-refractivity contribution in [1.82, 2.24) is 9.55 Å². The highest BCUT2D eigenvalue weighted by atomic mass is 31.3. The Kier molecular flexibility index (Phi) is 7.46. The van der Waals surface area contributed by atoms with Crippen molar-refractivity contribution in [2.75, 3.05) is 6.61 Å². The Balaban J connectivity index is 2.06. The number of H-pyrrole nitrogens is 1. The summed E-state index contributed by atoms with van der Waals surface area (Å²) in [5.74, 6) is 1.13. The fourth-order valence-electron chi connectivity index (χ4n) is 2.81. The predicted octanol–water partition coefficient (Wildman–Crippen LogP) is -3.35. The lowest BCUT2D eigenvalue weighted by Crippen LogP contribution is -2.33. The maximum atomic E-state index is 12.0. The Morgan fingerprint density at radius 3 is 2.37 bits per heavy atom. The minimum Gasteiger partial charge on any atom is -0.790 e. The summed E-state index contributed by atoms with van der Waals surface area (Å²) in [7, 11) is -17.9. The van der Waals surface area contributed by atoms with Gasteiger partial charge in [-0.05, 0) is 12.8 Å². The van der Waals surface area contributed by atoms with Crippen molar-refractivity contribution in [3.63, 3.8) is 0 Å². The Morgan fingerprint density at radius 2 is 1.80 bits per heavy atom. The summed E-state index contributed by atoms with van der Waals surface area (Å²) >= 11 is 0. The van der Waals surface area contributed by atoms with Gasteiger partial charge in [-0.15, -0.1) is 6.42 Å². The van der Waals surface area contributed by atoms with Gasteiger partial charge in [0.05, 0.1) is 20.5 Å². The molecule has 0 saturated heterocycles. The van der Waals surface area contributed by atoms with Crippen LogP contribution in [0.3, 0.4) is 0 Å². The summed E-state index contributed by atoms with van der Waals surface area (Å²) < 4.78 is 44.8. The van der Waals surface area contributed by atoms with Gasteiger partial charge in [0.25, 0.3) is 21.2 Å². The fourth-order valence-corrected chi connectivity index (χ4v) is 5.72. The molecule has 168 valence electrons. The van der Waals surface area contributed by atoms with Gasteiger partial charge in [0, 0.05) is 18.2 Å². The quantitative estimate of drug-likeness (QED) is 0.270. The van der Waals surface area contributed by atoms with E-state index in [1.807, 2.05) is 4.98 Å². The molecule has 18 heteroatoms. The van der Waals surface area contributed by atoms with Gasteiger partial charge in [-0.25, -0.2) is 9.11 Å². The first-order chi connectivity index (χ1) is 13.6. The van der Waals surface area contributed by atoms with E-state index >= 15 is 0 Å². The van der Waals surface area contributed by atoms with Crippen LogP contribution in [0.1, 0.15) is 24.4 Å². The summed E-state index contributed by atoms with van der Waals surface area (Å²) in [4.78, 5) is 68.7. The van der Waals surface area contributed by atoms with E-state index in [-0.39, 0.29) is 18.4 Å². The second-order valence-electron chi connectivity index (χ2n) is 6.11. The van der Waals surface area contributed by atoms with Gasteiger partial charge in [-0.1, -0.05) is 5.92 Å². The Labute approximate surface area is 167 Å². The van der Waals surface area contributed by atoms with E-state index in [2.05, 4.69) is 19.1 Å². The minimum atomic E-state index is -6.11. The highest BCUT2D eigenvalue weighted by Gasteiger charge is 2.36. The third kappa shape index (κ3) is 6.81. The second-order valence-corrected chi connectivity index (χ2v) is 10.4. The molecule has 0 amide bonds. The number of nitrogens with one attached hydrogen (secondary N) is 1. The van der Waals surface area contributed by atoms with Crippen LogP contribution in [0.25, 0.3) is 0 Å². The SMILES string of the molecule is C#Cc1cn([C@@H]2C[C@H](COP(=O)([O-])OP(=O)([O-])OP(=O)([O-])[O-])[C@H](O)C2)c(=O)[nH]c1=O. The number of hydrogen-bond donors (Lipinski definition) is 2. The highest BCUT2D eigenvalue weighted by Crippen LogP contribution is 2.60. The normalized spacial score (nSPS) is 25.9. The average Bonchev–Trinajstić information content (AvgIpc) is 2.90. The third-order valence-corrected chi connectivity index (χ3v) is 7.66. The van der Waals surface area contributed by atoms with Crippen LogP contribution in [0.2, 0.25) is 0 Å². The lowest BCUT2D eigenvalue weighted by atomic mass is 10.1. The number of aromatic amines is 1. The first kappa shape index (κ1) is 24.9. The molecule has 1 heterocycles. The monoisotopic (exact) mass is 486 g/mol. The number of terminal acetylenes is 1. The molecule has 0 aliphatic heterocycles. The van der Waals surface area contributed by atoms with Gasteiger partial charge >= 0.3 is 5.69 Å².